The Bertz CT molecular complexity index is 1560. The predicted molar refractivity (Wildman–Crippen MR) is 137 cm³/mol. The van der Waals surface area contributed by atoms with Gasteiger partial charge in [-0.15, -0.1) is 10.2 Å². The highest BCUT2D eigenvalue weighted by Gasteiger charge is 2.31. The van der Waals surface area contributed by atoms with Crippen LogP contribution in [0.2, 0.25) is 0 Å². The fourth-order valence-electron chi connectivity index (χ4n) is 4.54. The van der Waals surface area contributed by atoms with Crippen LogP contribution in [0.5, 0.6) is 0 Å². The van der Waals surface area contributed by atoms with Crippen LogP contribution in [0.15, 0.2) is 51.8 Å². The number of aromatic nitrogens is 4. The molecule has 37 heavy (non-hydrogen) atoms. The van der Waals surface area contributed by atoms with Crippen LogP contribution < -0.4 is 4.72 Å². The van der Waals surface area contributed by atoms with E-state index in [0.717, 1.165) is 12.8 Å². The molecule has 2 heterocycles. The van der Waals surface area contributed by atoms with Crippen molar-refractivity contribution in [2.24, 2.45) is 0 Å². The van der Waals surface area contributed by atoms with E-state index in [0.29, 0.717) is 47.0 Å². The van der Waals surface area contributed by atoms with Gasteiger partial charge in [0.1, 0.15) is 5.82 Å². The van der Waals surface area contributed by atoms with E-state index in [1.54, 1.807) is 24.3 Å². The molecule has 10 nitrogen and oxygen atoms in total. The number of hydrogen-bond donors (Lipinski definition) is 3. The van der Waals surface area contributed by atoms with Crippen molar-refractivity contribution in [3.05, 3.63) is 59.8 Å². The maximum Gasteiger partial charge on any atom is 0.335 e. The molecule has 1 saturated carbocycles. The SMILES string of the molecule is CC(C)(C)c1nnc([C@H]2CC[C@H](NS(=O)(=O)c3ccc4[nH]c(-c5cccc(C(=O)O)c5)nc4c3)CC2)o1. The number of nitrogens with zero attached hydrogens (tertiary/aromatic N) is 3. The largest absolute Gasteiger partial charge is 0.478 e. The number of benzene rings is 2. The van der Waals surface area contributed by atoms with Crippen molar-refractivity contribution in [2.75, 3.05) is 0 Å². The van der Waals surface area contributed by atoms with Crippen molar-refractivity contribution in [1.82, 2.24) is 24.9 Å². The third-order valence-corrected chi connectivity index (χ3v) is 8.15. The molecule has 0 spiro atoms. The predicted octanol–water partition coefficient (Wildman–Crippen LogP) is 4.61. The number of carbonyl (C=O) groups is 1. The van der Waals surface area contributed by atoms with Gasteiger partial charge in [0.15, 0.2) is 0 Å². The van der Waals surface area contributed by atoms with E-state index in [-0.39, 0.29) is 27.8 Å². The van der Waals surface area contributed by atoms with Gasteiger partial charge in [0.25, 0.3) is 0 Å². The molecular formula is C26H29N5O5S. The molecule has 0 aliphatic heterocycles. The molecule has 0 saturated heterocycles. The minimum absolute atomic E-state index is 0.128. The van der Waals surface area contributed by atoms with E-state index >= 15 is 0 Å². The number of hydrogen-bond acceptors (Lipinski definition) is 7. The van der Waals surface area contributed by atoms with Gasteiger partial charge in [-0.2, -0.15) is 0 Å². The smallest absolute Gasteiger partial charge is 0.335 e. The Labute approximate surface area is 214 Å². The second-order valence-corrected chi connectivity index (χ2v) is 12.2. The molecule has 11 heteroatoms. The Morgan fingerprint density at radius 2 is 1.84 bits per heavy atom. The zero-order valence-corrected chi connectivity index (χ0v) is 21.7. The molecule has 5 rings (SSSR count). The van der Waals surface area contributed by atoms with Gasteiger partial charge in [-0.1, -0.05) is 32.9 Å². The lowest BCUT2D eigenvalue weighted by atomic mass is 9.86. The Balaban J connectivity index is 1.28. The second-order valence-electron chi connectivity index (χ2n) is 10.5. The number of H-pyrrole nitrogens is 1. The van der Waals surface area contributed by atoms with Crippen molar-refractivity contribution < 1.29 is 22.7 Å². The van der Waals surface area contributed by atoms with Crippen molar-refractivity contribution in [3.8, 4) is 11.4 Å². The molecule has 3 N–H and O–H groups in total. The van der Waals surface area contributed by atoms with Crippen LogP contribution in [0, 0.1) is 0 Å². The normalized spacial score (nSPS) is 18.8. The number of fused-ring (bicyclic) bond motifs is 1. The summed E-state index contributed by atoms with van der Waals surface area (Å²) in [6, 6.07) is 11.0. The lowest BCUT2D eigenvalue weighted by Crippen LogP contribution is -2.37. The first-order valence-electron chi connectivity index (χ1n) is 12.2. The number of sulfonamides is 1. The van der Waals surface area contributed by atoms with Gasteiger partial charge in [-0.3, -0.25) is 0 Å². The summed E-state index contributed by atoms with van der Waals surface area (Å²) >= 11 is 0. The fraction of sp³-hybridized carbons (Fsp3) is 0.385. The molecule has 0 unspecified atom stereocenters. The molecule has 0 amide bonds. The van der Waals surface area contributed by atoms with Gasteiger partial charge < -0.3 is 14.5 Å². The molecule has 1 aliphatic rings. The molecule has 1 fully saturated rings. The number of carboxylic acids is 1. The van der Waals surface area contributed by atoms with E-state index in [1.807, 2.05) is 20.8 Å². The third-order valence-electron chi connectivity index (χ3n) is 6.63. The van der Waals surface area contributed by atoms with E-state index in [4.69, 9.17) is 4.42 Å². The van der Waals surface area contributed by atoms with Crippen molar-refractivity contribution in [3.63, 3.8) is 0 Å². The highest BCUT2D eigenvalue weighted by Crippen LogP contribution is 2.34. The maximum atomic E-state index is 13.2. The molecule has 1 aliphatic carbocycles. The fourth-order valence-corrected chi connectivity index (χ4v) is 5.86. The molecule has 194 valence electrons. The minimum atomic E-state index is -3.76. The van der Waals surface area contributed by atoms with Crippen LogP contribution in [0.25, 0.3) is 22.4 Å². The summed E-state index contributed by atoms with van der Waals surface area (Å²) in [6.45, 7) is 6.07. The van der Waals surface area contributed by atoms with Crippen LogP contribution in [-0.4, -0.2) is 45.7 Å². The van der Waals surface area contributed by atoms with Crippen molar-refractivity contribution in [2.45, 2.75) is 68.7 Å². The van der Waals surface area contributed by atoms with Gasteiger partial charge >= 0.3 is 5.97 Å². The lowest BCUT2D eigenvalue weighted by molar-refractivity contribution is 0.0697. The summed E-state index contributed by atoms with van der Waals surface area (Å²) in [6.07, 6.45) is 2.87. The highest BCUT2D eigenvalue weighted by atomic mass is 32.2. The van der Waals surface area contributed by atoms with Gasteiger partial charge in [0, 0.05) is 22.9 Å². The summed E-state index contributed by atoms with van der Waals surface area (Å²) in [4.78, 5) is 19.1. The number of nitrogens with one attached hydrogen (secondary N) is 2. The van der Waals surface area contributed by atoms with Gasteiger partial charge in [-0.25, -0.2) is 22.9 Å². The Morgan fingerprint density at radius 3 is 2.51 bits per heavy atom. The summed E-state index contributed by atoms with van der Waals surface area (Å²) in [5, 5.41) is 17.6. The molecular weight excluding hydrogens is 494 g/mol. The van der Waals surface area contributed by atoms with E-state index < -0.39 is 16.0 Å². The number of rotatable bonds is 6. The van der Waals surface area contributed by atoms with Crippen LogP contribution in [0.4, 0.5) is 0 Å². The number of imidazole rings is 1. The molecule has 2 aromatic carbocycles. The summed E-state index contributed by atoms with van der Waals surface area (Å²) in [5.74, 6) is 0.798. The van der Waals surface area contributed by atoms with Crippen LogP contribution in [0.1, 0.15) is 74.5 Å². The van der Waals surface area contributed by atoms with Gasteiger partial charge in [0.05, 0.1) is 21.5 Å². The van der Waals surface area contributed by atoms with Crippen LogP contribution in [0.3, 0.4) is 0 Å². The number of aromatic carboxylic acids is 1. The quantitative estimate of drug-likeness (QED) is 0.331. The Hall–Kier alpha value is -3.57. The first-order valence-corrected chi connectivity index (χ1v) is 13.7. The monoisotopic (exact) mass is 523 g/mol. The molecule has 0 atom stereocenters. The molecule has 2 aromatic heterocycles. The van der Waals surface area contributed by atoms with E-state index in [9.17, 15) is 18.3 Å². The summed E-state index contributed by atoms with van der Waals surface area (Å²) < 4.78 is 35.0. The molecule has 0 bridgehead atoms. The molecule has 0 radical (unpaired) electrons. The third kappa shape index (κ3) is 5.28. The maximum absolute atomic E-state index is 13.2. The second kappa shape index (κ2) is 9.38. The average molecular weight is 524 g/mol. The van der Waals surface area contributed by atoms with Crippen LogP contribution >= 0.6 is 0 Å². The zero-order valence-electron chi connectivity index (χ0n) is 20.9. The molecule has 4 aromatic rings. The van der Waals surface area contributed by atoms with E-state index in [1.165, 1.54) is 18.2 Å². The minimum Gasteiger partial charge on any atom is -0.478 e. The van der Waals surface area contributed by atoms with Gasteiger partial charge in [0.2, 0.25) is 21.8 Å². The summed E-state index contributed by atoms with van der Waals surface area (Å²) in [5.41, 5.74) is 1.68. The topological polar surface area (TPSA) is 151 Å². The lowest BCUT2D eigenvalue weighted by Gasteiger charge is -2.27. The first kappa shape index (κ1) is 25.1. The van der Waals surface area contributed by atoms with E-state index in [2.05, 4.69) is 24.9 Å². The standard InChI is InChI=1S/C26H29N5O5S/c1-26(2,3)25-30-29-23(36-25)15-7-9-18(10-8-15)31-37(34,35)19-11-12-20-21(14-19)28-22(27-20)16-5-4-6-17(13-16)24(32)33/h4-6,11-15,18,31H,7-10H2,1-3H3,(H,27,28)(H,32,33)/t15-,18-. The van der Waals surface area contributed by atoms with Crippen LogP contribution in [-0.2, 0) is 15.4 Å². The van der Waals surface area contributed by atoms with Gasteiger partial charge in [-0.05, 0) is 56.0 Å². The van der Waals surface area contributed by atoms with Crippen molar-refractivity contribution >= 4 is 27.0 Å². The average Bonchev–Trinajstić information content (AvgIpc) is 3.52. The number of carboxylic acid groups (broad SMARTS) is 1. The summed E-state index contributed by atoms with van der Waals surface area (Å²) in [7, 11) is -3.76. The Morgan fingerprint density at radius 1 is 1.08 bits per heavy atom. The Kier molecular flexibility index (Phi) is 6.36. The van der Waals surface area contributed by atoms with Crippen molar-refractivity contribution in [1.29, 1.82) is 0 Å². The zero-order chi connectivity index (χ0) is 26.4. The highest BCUT2D eigenvalue weighted by molar-refractivity contribution is 7.89. The number of aromatic amines is 1. The first-order chi connectivity index (χ1) is 17.5.